The van der Waals surface area contributed by atoms with Crippen LogP contribution in [0, 0.1) is 6.92 Å². The minimum atomic E-state index is -0.289. The molecule has 1 aliphatic heterocycles. The molecule has 0 saturated heterocycles. The quantitative estimate of drug-likeness (QED) is 0.276. The summed E-state index contributed by atoms with van der Waals surface area (Å²) in [5, 5.41) is 11.6. The number of rotatable bonds is 9. The largest absolute Gasteiger partial charge is 0.497 e. The number of para-hydroxylation sites is 1. The van der Waals surface area contributed by atoms with Gasteiger partial charge in [0.1, 0.15) is 5.75 Å². The van der Waals surface area contributed by atoms with E-state index in [-0.39, 0.29) is 11.9 Å². The molecule has 39 heavy (non-hydrogen) atoms. The van der Waals surface area contributed by atoms with E-state index in [9.17, 15) is 4.79 Å². The molecule has 1 atom stereocenters. The molecule has 3 aromatic carbocycles. The van der Waals surface area contributed by atoms with Gasteiger partial charge >= 0.3 is 0 Å². The second kappa shape index (κ2) is 11.7. The van der Waals surface area contributed by atoms with Gasteiger partial charge in [-0.2, -0.15) is 10.2 Å². The predicted octanol–water partition coefficient (Wildman–Crippen LogP) is 5.88. The number of hydrazone groups is 1. The number of aryl methyl sites for hydroxylation is 1. The maximum absolute atomic E-state index is 13.8. The van der Waals surface area contributed by atoms with E-state index in [0.717, 1.165) is 52.6 Å². The van der Waals surface area contributed by atoms with Crippen molar-refractivity contribution in [1.29, 1.82) is 0 Å². The maximum atomic E-state index is 13.8. The Hall–Kier alpha value is -4.23. The van der Waals surface area contributed by atoms with Crippen LogP contribution in [0.4, 0.5) is 0 Å². The highest BCUT2D eigenvalue weighted by molar-refractivity contribution is 6.03. The zero-order chi connectivity index (χ0) is 27.4. The lowest BCUT2D eigenvalue weighted by Gasteiger charge is -2.25. The molecule has 0 saturated carbocycles. The lowest BCUT2D eigenvalue weighted by molar-refractivity contribution is -0.134. The van der Waals surface area contributed by atoms with E-state index in [1.54, 1.807) is 12.1 Å². The topological polar surface area (TPSA) is 63.0 Å². The molecule has 0 aliphatic carbocycles. The number of nitrogens with zero attached hydrogens (tertiary/aromatic N) is 5. The minimum absolute atomic E-state index is 0.0242. The number of likely N-dealkylation sites (N-methyl/N-ethyl adjacent to an activating group) is 1. The zero-order valence-corrected chi connectivity index (χ0v) is 23.0. The Morgan fingerprint density at radius 3 is 2.41 bits per heavy atom. The number of hydrogen-bond acceptors (Lipinski definition) is 5. The monoisotopic (exact) mass is 521 g/mol. The first-order valence-corrected chi connectivity index (χ1v) is 13.5. The summed E-state index contributed by atoms with van der Waals surface area (Å²) in [6, 6.07) is 26.0. The van der Waals surface area contributed by atoms with Gasteiger partial charge in [-0.1, -0.05) is 74.0 Å². The summed E-state index contributed by atoms with van der Waals surface area (Å²) in [5.74, 6) is 0.737. The summed E-state index contributed by atoms with van der Waals surface area (Å²) < 4.78 is 7.37. The fourth-order valence-corrected chi connectivity index (χ4v) is 4.95. The van der Waals surface area contributed by atoms with Crippen LogP contribution >= 0.6 is 0 Å². The van der Waals surface area contributed by atoms with Gasteiger partial charge in [0.05, 0.1) is 36.8 Å². The van der Waals surface area contributed by atoms with Crippen LogP contribution < -0.4 is 4.74 Å². The predicted molar refractivity (Wildman–Crippen MR) is 155 cm³/mol. The third-order valence-electron chi connectivity index (χ3n) is 7.27. The molecule has 4 aromatic rings. The Morgan fingerprint density at radius 2 is 1.72 bits per heavy atom. The average Bonchev–Trinajstić information content (AvgIpc) is 3.62. The highest BCUT2D eigenvalue weighted by atomic mass is 16.5. The fourth-order valence-electron chi connectivity index (χ4n) is 4.95. The molecular formula is C32H35N5O2. The van der Waals surface area contributed by atoms with Crippen molar-refractivity contribution < 1.29 is 9.53 Å². The number of amides is 1. The molecule has 1 aromatic heterocycles. The van der Waals surface area contributed by atoms with Crippen molar-refractivity contribution in [3.63, 3.8) is 0 Å². The summed E-state index contributed by atoms with van der Waals surface area (Å²) in [5.41, 5.74) is 6.78. The van der Waals surface area contributed by atoms with Crippen molar-refractivity contribution in [1.82, 2.24) is 19.7 Å². The molecule has 5 rings (SSSR count). The molecule has 0 N–H and O–H groups in total. The number of ether oxygens (including phenoxy) is 1. The fraction of sp³-hybridized carbons (Fsp3) is 0.281. The second-order valence-corrected chi connectivity index (χ2v) is 9.78. The third kappa shape index (κ3) is 5.64. The number of carbonyl (C=O) groups excluding carboxylic acids is 1. The van der Waals surface area contributed by atoms with Gasteiger partial charge in [0.25, 0.3) is 5.91 Å². The summed E-state index contributed by atoms with van der Waals surface area (Å²) in [6.07, 6.45) is 2.63. The van der Waals surface area contributed by atoms with Gasteiger partial charge in [0, 0.05) is 29.3 Å². The Balaban J connectivity index is 1.61. The summed E-state index contributed by atoms with van der Waals surface area (Å²) >= 11 is 0. The van der Waals surface area contributed by atoms with E-state index in [1.807, 2.05) is 59.3 Å². The standard InChI is InChI=1S/C32H35N5O2/c1-5-35(6-2)22-31(38)37-30(20-29(33-37)25-11-10-14-27(19-25)39-4)28-21-36(26-12-8-7-9-13-26)34-32(28)24-17-15-23(3)16-18-24/h7-19,21,30H,5-6,20,22H2,1-4H3. The third-order valence-corrected chi connectivity index (χ3v) is 7.27. The van der Waals surface area contributed by atoms with Gasteiger partial charge in [-0.05, 0) is 44.3 Å². The van der Waals surface area contributed by atoms with Gasteiger partial charge < -0.3 is 4.74 Å². The molecule has 2 heterocycles. The highest BCUT2D eigenvalue weighted by Crippen LogP contribution is 2.38. The van der Waals surface area contributed by atoms with Crippen molar-refractivity contribution in [3.05, 3.63) is 102 Å². The van der Waals surface area contributed by atoms with Crippen molar-refractivity contribution >= 4 is 11.6 Å². The van der Waals surface area contributed by atoms with E-state index in [4.69, 9.17) is 14.9 Å². The van der Waals surface area contributed by atoms with Crippen molar-refractivity contribution in [3.8, 4) is 22.7 Å². The number of hydrogen-bond donors (Lipinski definition) is 0. The van der Waals surface area contributed by atoms with Gasteiger partial charge in [-0.3, -0.25) is 9.69 Å². The van der Waals surface area contributed by atoms with Crippen LogP contribution in [0.3, 0.4) is 0 Å². The summed E-state index contributed by atoms with van der Waals surface area (Å²) in [4.78, 5) is 15.9. The molecule has 1 aliphatic rings. The van der Waals surface area contributed by atoms with E-state index in [1.165, 1.54) is 5.56 Å². The van der Waals surface area contributed by atoms with Crippen LogP contribution in [0.1, 0.15) is 43.0 Å². The molecule has 1 amide bonds. The molecule has 7 heteroatoms. The summed E-state index contributed by atoms with van der Waals surface area (Å²) in [7, 11) is 1.66. The summed E-state index contributed by atoms with van der Waals surface area (Å²) in [6.45, 7) is 8.13. The molecule has 0 radical (unpaired) electrons. The van der Waals surface area contributed by atoms with Gasteiger partial charge in [-0.15, -0.1) is 0 Å². The molecule has 7 nitrogen and oxygen atoms in total. The average molecular weight is 522 g/mol. The first kappa shape index (κ1) is 26.4. The van der Waals surface area contributed by atoms with Crippen molar-refractivity contribution in [2.24, 2.45) is 5.10 Å². The smallest absolute Gasteiger partial charge is 0.257 e. The zero-order valence-electron chi connectivity index (χ0n) is 23.0. The molecule has 0 fully saturated rings. The molecule has 0 spiro atoms. The number of carbonyl (C=O) groups is 1. The highest BCUT2D eigenvalue weighted by Gasteiger charge is 2.36. The Morgan fingerprint density at radius 1 is 0.974 bits per heavy atom. The normalized spacial score (nSPS) is 15.1. The first-order chi connectivity index (χ1) is 19.0. The van der Waals surface area contributed by atoms with Crippen molar-refractivity contribution in [2.75, 3.05) is 26.7 Å². The number of benzene rings is 3. The van der Waals surface area contributed by atoms with E-state index in [0.29, 0.717) is 13.0 Å². The van der Waals surface area contributed by atoms with E-state index >= 15 is 0 Å². The van der Waals surface area contributed by atoms with Crippen LogP contribution in [-0.4, -0.2) is 58.1 Å². The van der Waals surface area contributed by atoms with Crippen LogP contribution in [0.15, 0.2) is 90.2 Å². The second-order valence-electron chi connectivity index (χ2n) is 9.78. The Bertz CT molecular complexity index is 1460. The van der Waals surface area contributed by atoms with Gasteiger partial charge in [0.2, 0.25) is 0 Å². The maximum Gasteiger partial charge on any atom is 0.257 e. The molecule has 1 unspecified atom stereocenters. The van der Waals surface area contributed by atoms with Crippen LogP contribution in [0.5, 0.6) is 5.75 Å². The van der Waals surface area contributed by atoms with Crippen LogP contribution in [0.2, 0.25) is 0 Å². The van der Waals surface area contributed by atoms with Crippen LogP contribution in [-0.2, 0) is 4.79 Å². The lowest BCUT2D eigenvalue weighted by Crippen LogP contribution is -2.38. The minimum Gasteiger partial charge on any atom is -0.497 e. The molecule has 0 bridgehead atoms. The van der Waals surface area contributed by atoms with Gasteiger partial charge in [-0.25, -0.2) is 9.69 Å². The van der Waals surface area contributed by atoms with Gasteiger partial charge in [0.15, 0.2) is 0 Å². The molecular weight excluding hydrogens is 486 g/mol. The Labute approximate surface area is 230 Å². The first-order valence-electron chi connectivity index (χ1n) is 13.5. The number of aromatic nitrogens is 2. The Kier molecular flexibility index (Phi) is 7.89. The molecule has 200 valence electrons. The van der Waals surface area contributed by atoms with Crippen LogP contribution in [0.25, 0.3) is 16.9 Å². The van der Waals surface area contributed by atoms with E-state index in [2.05, 4.69) is 56.1 Å². The SMILES string of the molecule is CCN(CC)CC(=O)N1N=C(c2cccc(OC)c2)CC1c1cn(-c2ccccc2)nc1-c1ccc(C)cc1. The number of methoxy groups -OCH3 is 1. The lowest BCUT2D eigenvalue weighted by atomic mass is 9.96. The van der Waals surface area contributed by atoms with E-state index < -0.39 is 0 Å². The van der Waals surface area contributed by atoms with Crippen molar-refractivity contribution in [2.45, 2.75) is 33.2 Å².